The van der Waals surface area contributed by atoms with Crippen LogP contribution in [0.3, 0.4) is 0 Å². The molecule has 4 fully saturated rings. The normalized spacial score (nSPS) is 55.7. The molecule has 0 heterocycles. The Morgan fingerprint density at radius 2 is 1.58 bits per heavy atom. The molecule has 1 nitrogen and oxygen atoms in total. The molecule has 4 saturated carbocycles. The van der Waals surface area contributed by atoms with Gasteiger partial charge in [-0.25, -0.2) is 0 Å². The average molecular weight is 427 g/mol. The highest BCUT2D eigenvalue weighted by Gasteiger charge is 2.69. The minimum absolute atomic E-state index is 0.155. The van der Waals surface area contributed by atoms with Crippen molar-refractivity contribution in [2.75, 3.05) is 0 Å². The third kappa shape index (κ3) is 2.65. The van der Waals surface area contributed by atoms with Crippen LogP contribution in [0.5, 0.6) is 0 Å². The van der Waals surface area contributed by atoms with E-state index < -0.39 is 0 Å². The number of hydrogen-bond acceptors (Lipinski definition) is 1. The van der Waals surface area contributed by atoms with Gasteiger partial charge in [-0.05, 0) is 102 Å². The lowest BCUT2D eigenvalue weighted by Crippen LogP contribution is -2.64. The largest absolute Gasteiger partial charge is 0.392 e. The summed E-state index contributed by atoms with van der Waals surface area (Å²) in [6.07, 6.45) is 14.3. The SMILES string of the molecule is CC(C)C1CCC2C1(C)CCC1(C)C3C(=CCC21C)C1(C)CCCC(C)(C)C1CC3O. The molecule has 0 aromatic carbocycles. The Morgan fingerprint density at radius 1 is 0.871 bits per heavy atom. The third-order valence-electron chi connectivity index (χ3n) is 13.0. The van der Waals surface area contributed by atoms with E-state index in [2.05, 4.69) is 61.5 Å². The second-order valence-electron chi connectivity index (χ2n) is 14.8. The van der Waals surface area contributed by atoms with Crippen molar-refractivity contribution in [2.45, 2.75) is 119 Å². The van der Waals surface area contributed by atoms with Crippen molar-refractivity contribution in [3.05, 3.63) is 11.6 Å². The van der Waals surface area contributed by atoms with E-state index in [1.807, 2.05) is 0 Å². The quantitative estimate of drug-likeness (QED) is 0.421. The van der Waals surface area contributed by atoms with E-state index in [9.17, 15) is 5.11 Å². The molecule has 0 aromatic rings. The highest BCUT2D eigenvalue weighted by Crippen LogP contribution is 2.76. The van der Waals surface area contributed by atoms with Crippen molar-refractivity contribution in [3.8, 4) is 0 Å². The Kier molecular flexibility index (Phi) is 4.82. The van der Waals surface area contributed by atoms with Gasteiger partial charge in [-0.1, -0.05) is 73.5 Å². The predicted octanol–water partition coefficient (Wildman–Crippen LogP) is 8.02. The molecule has 31 heavy (non-hydrogen) atoms. The van der Waals surface area contributed by atoms with E-state index in [0.29, 0.717) is 33.5 Å². The molecule has 0 spiro atoms. The summed E-state index contributed by atoms with van der Waals surface area (Å²) in [7, 11) is 0. The highest BCUT2D eigenvalue weighted by atomic mass is 16.3. The van der Waals surface area contributed by atoms with Crippen LogP contribution in [0.15, 0.2) is 11.6 Å². The van der Waals surface area contributed by atoms with E-state index in [1.54, 1.807) is 5.57 Å². The van der Waals surface area contributed by atoms with Crippen molar-refractivity contribution in [3.63, 3.8) is 0 Å². The molecule has 9 atom stereocenters. The Hall–Kier alpha value is -0.300. The maximum absolute atomic E-state index is 11.8. The summed E-state index contributed by atoms with van der Waals surface area (Å²) in [5.41, 5.74) is 3.39. The fourth-order valence-electron chi connectivity index (χ4n) is 11.3. The van der Waals surface area contributed by atoms with Gasteiger partial charge in [-0.3, -0.25) is 0 Å². The molecular weight excluding hydrogens is 376 g/mol. The van der Waals surface area contributed by atoms with Gasteiger partial charge in [0.15, 0.2) is 0 Å². The predicted molar refractivity (Wildman–Crippen MR) is 131 cm³/mol. The Balaban J connectivity index is 1.59. The Labute approximate surface area is 192 Å². The summed E-state index contributed by atoms with van der Waals surface area (Å²) in [6, 6.07) is 0. The summed E-state index contributed by atoms with van der Waals surface area (Å²) < 4.78 is 0. The molecule has 1 N–H and O–H groups in total. The summed E-state index contributed by atoms with van der Waals surface area (Å²) in [5, 5.41) is 11.8. The van der Waals surface area contributed by atoms with Crippen LogP contribution < -0.4 is 0 Å². The maximum Gasteiger partial charge on any atom is 0.0614 e. The third-order valence-corrected chi connectivity index (χ3v) is 13.0. The molecule has 0 radical (unpaired) electrons. The number of rotatable bonds is 1. The lowest BCUT2D eigenvalue weighted by Gasteiger charge is -2.69. The molecular formula is C30H50O. The maximum atomic E-state index is 11.8. The Morgan fingerprint density at radius 3 is 2.26 bits per heavy atom. The number of aliphatic hydroxyl groups is 1. The van der Waals surface area contributed by atoms with E-state index in [4.69, 9.17) is 0 Å². The first-order chi connectivity index (χ1) is 14.3. The number of fused-ring (bicyclic) bond motifs is 7. The first-order valence-corrected chi connectivity index (χ1v) is 13.7. The van der Waals surface area contributed by atoms with Crippen LogP contribution in [0, 0.1) is 56.7 Å². The van der Waals surface area contributed by atoms with E-state index >= 15 is 0 Å². The van der Waals surface area contributed by atoms with Gasteiger partial charge in [0.05, 0.1) is 6.10 Å². The topological polar surface area (TPSA) is 20.2 Å². The molecule has 0 bridgehead atoms. The van der Waals surface area contributed by atoms with Gasteiger partial charge in [-0.2, -0.15) is 0 Å². The molecule has 0 aromatic heterocycles. The fourth-order valence-corrected chi connectivity index (χ4v) is 11.3. The van der Waals surface area contributed by atoms with Gasteiger partial charge in [0.1, 0.15) is 0 Å². The highest BCUT2D eigenvalue weighted by molar-refractivity contribution is 5.34. The van der Waals surface area contributed by atoms with Gasteiger partial charge >= 0.3 is 0 Å². The summed E-state index contributed by atoms with van der Waals surface area (Å²) in [5.74, 6) is 3.49. The second-order valence-corrected chi connectivity index (χ2v) is 14.8. The van der Waals surface area contributed by atoms with Crippen molar-refractivity contribution < 1.29 is 5.11 Å². The van der Waals surface area contributed by atoms with Crippen LogP contribution in [0.2, 0.25) is 0 Å². The monoisotopic (exact) mass is 426 g/mol. The molecule has 0 aliphatic heterocycles. The van der Waals surface area contributed by atoms with Gasteiger partial charge in [0.2, 0.25) is 0 Å². The van der Waals surface area contributed by atoms with Crippen molar-refractivity contribution in [2.24, 2.45) is 56.7 Å². The van der Waals surface area contributed by atoms with E-state index in [0.717, 1.165) is 24.2 Å². The molecule has 5 aliphatic rings. The van der Waals surface area contributed by atoms with Gasteiger partial charge in [0.25, 0.3) is 0 Å². The number of allylic oxidation sites excluding steroid dienone is 1. The van der Waals surface area contributed by atoms with E-state index in [-0.39, 0.29) is 11.5 Å². The first-order valence-electron chi connectivity index (χ1n) is 13.7. The minimum atomic E-state index is -0.155. The average Bonchev–Trinajstić information content (AvgIpc) is 3.03. The standard InChI is InChI=1S/C30H50O/c1-19(2)20-10-11-23-28(20,6)16-17-30(8)25-21(12-15-29(23,30)7)27(5)14-9-13-26(3,4)24(27)18-22(25)31/h12,19-20,22-25,31H,9-11,13-18H2,1-8H3. The van der Waals surface area contributed by atoms with Crippen molar-refractivity contribution >= 4 is 0 Å². The van der Waals surface area contributed by atoms with Gasteiger partial charge in [0, 0.05) is 5.92 Å². The lowest BCUT2D eigenvalue weighted by atomic mass is 9.35. The molecule has 1 heteroatoms. The van der Waals surface area contributed by atoms with Crippen molar-refractivity contribution in [1.82, 2.24) is 0 Å². The van der Waals surface area contributed by atoms with Gasteiger partial charge in [-0.15, -0.1) is 0 Å². The van der Waals surface area contributed by atoms with Crippen LogP contribution >= 0.6 is 0 Å². The fraction of sp³-hybridized carbons (Fsp3) is 0.933. The zero-order chi connectivity index (χ0) is 22.6. The summed E-state index contributed by atoms with van der Waals surface area (Å²) in [6.45, 7) is 20.4. The number of aliphatic hydroxyl groups excluding tert-OH is 1. The molecule has 176 valence electrons. The minimum Gasteiger partial charge on any atom is -0.392 e. The first kappa shape index (κ1) is 22.5. The van der Waals surface area contributed by atoms with Gasteiger partial charge < -0.3 is 5.11 Å². The summed E-state index contributed by atoms with van der Waals surface area (Å²) in [4.78, 5) is 0. The summed E-state index contributed by atoms with van der Waals surface area (Å²) >= 11 is 0. The zero-order valence-corrected chi connectivity index (χ0v) is 21.9. The zero-order valence-electron chi connectivity index (χ0n) is 21.9. The van der Waals surface area contributed by atoms with Crippen molar-refractivity contribution in [1.29, 1.82) is 0 Å². The lowest BCUT2D eigenvalue weighted by molar-refractivity contribution is -0.183. The smallest absolute Gasteiger partial charge is 0.0614 e. The number of hydrogen-bond donors (Lipinski definition) is 1. The van der Waals surface area contributed by atoms with E-state index in [1.165, 1.54) is 51.4 Å². The van der Waals surface area contributed by atoms with Crippen LogP contribution in [0.4, 0.5) is 0 Å². The molecule has 5 aliphatic carbocycles. The van der Waals surface area contributed by atoms with Crippen LogP contribution in [0.25, 0.3) is 0 Å². The Bertz CT molecular complexity index is 777. The molecule has 5 rings (SSSR count). The van der Waals surface area contributed by atoms with Crippen LogP contribution in [-0.4, -0.2) is 11.2 Å². The van der Waals surface area contributed by atoms with Crippen LogP contribution in [-0.2, 0) is 0 Å². The molecule has 0 amide bonds. The van der Waals surface area contributed by atoms with Crippen LogP contribution in [0.1, 0.15) is 113 Å². The molecule has 0 saturated heterocycles. The second kappa shape index (κ2) is 6.64. The molecule has 9 unspecified atom stereocenters.